The number of hydrogen-bond donors (Lipinski definition) is 2. The Labute approximate surface area is 145 Å². The molecular formula is C19H31FN2O2. The third kappa shape index (κ3) is 7.77. The normalized spacial score (nSPS) is 13.5. The second-order valence-corrected chi connectivity index (χ2v) is 8.09. The molecule has 0 bridgehead atoms. The number of halogens is 1. The van der Waals surface area contributed by atoms with Crippen molar-refractivity contribution in [2.24, 2.45) is 5.41 Å². The molecule has 0 saturated heterocycles. The molecule has 1 rings (SSSR count). The lowest BCUT2D eigenvalue weighted by Gasteiger charge is -2.32. The molecule has 0 spiro atoms. The molecule has 0 radical (unpaired) electrons. The summed E-state index contributed by atoms with van der Waals surface area (Å²) in [5.74, 6) is -0.229. The summed E-state index contributed by atoms with van der Waals surface area (Å²) in [4.78, 5) is 11.6. The number of rotatable bonds is 6. The Hall–Kier alpha value is -1.62. The van der Waals surface area contributed by atoms with Crippen molar-refractivity contribution in [2.75, 3.05) is 13.1 Å². The van der Waals surface area contributed by atoms with E-state index in [0.717, 1.165) is 18.5 Å². The maximum absolute atomic E-state index is 13.1. The number of benzene rings is 1. The van der Waals surface area contributed by atoms with Crippen LogP contribution < -0.4 is 10.6 Å². The summed E-state index contributed by atoms with van der Waals surface area (Å²) in [6, 6.07) is 6.72. The van der Waals surface area contributed by atoms with Crippen LogP contribution in [0.15, 0.2) is 24.3 Å². The van der Waals surface area contributed by atoms with Gasteiger partial charge in [0, 0.05) is 12.6 Å². The van der Waals surface area contributed by atoms with Gasteiger partial charge in [-0.1, -0.05) is 32.9 Å². The summed E-state index contributed by atoms with van der Waals surface area (Å²) in [5.41, 5.74) is 0.572. The molecule has 2 N–H and O–H groups in total. The van der Waals surface area contributed by atoms with E-state index in [1.54, 1.807) is 0 Å². The molecule has 1 aromatic rings. The maximum atomic E-state index is 13.1. The van der Waals surface area contributed by atoms with Gasteiger partial charge in [-0.2, -0.15) is 0 Å². The standard InChI is InChI=1S/C19H31FN2O2/c1-18(2,3)16(14-8-10-15(20)11-9-14)21-12-7-13-22-17(23)24-19(4,5)6/h8-11,16,21H,7,12-13H2,1-6H3,(H,22,23). The zero-order valence-electron chi connectivity index (χ0n) is 15.7. The van der Waals surface area contributed by atoms with Crippen LogP contribution in [0.4, 0.5) is 9.18 Å². The minimum Gasteiger partial charge on any atom is -0.444 e. The van der Waals surface area contributed by atoms with Gasteiger partial charge in [0.05, 0.1) is 0 Å². The molecule has 1 atom stereocenters. The first-order valence-electron chi connectivity index (χ1n) is 8.45. The Morgan fingerprint density at radius 3 is 2.17 bits per heavy atom. The molecule has 5 heteroatoms. The Bertz CT molecular complexity index is 516. The van der Waals surface area contributed by atoms with Crippen molar-refractivity contribution >= 4 is 6.09 Å². The van der Waals surface area contributed by atoms with E-state index in [9.17, 15) is 9.18 Å². The monoisotopic (exact) mass is 338 g/mol. The van der Waals surface area contributed by atoms with Crippen LogP contribution in [0.5, 0.6) is 0 Å². The highest BCUT2D eigenvalue weighted by Crippen LogP contribution is 2.32. The van der Waals surface area contributed by atoms with Gasteiger partial charge in [0.25, 0.3) is 0 Å². The molecule has 1 unspecified atom stereocenters. The first kappa shape index (κ1) is 20.4. The maximum Gasteiger partial charge on any atom is 0.407 e. The zero-order chi connectivity index (χ0) is 18.4. The van der Waals surface area contributed by atoms with Gasteiger partial charge in [0.15, 0.2) is 0 Å². The number of carbonyl (C=O) groups excluding carboxylic acids is 1. The molecule has 0 aliphatic heterocycles. The van der Waals surface area contributed by atoms with Gasteiger partial charge >= 0.3 is 6.09 Å². The van der Waals surface area contributed by atoms with Gasteiger partial charge in [0.2, 0.25) is 0 Å². The fourth-order valence-electron chi connectivity index (χ4n) is 2.42. The molecular weight excluding hydrogens is 307 g/mol. The first-order chi connectivity index (χ1) is 11.0. The molecule has 0 aliphatic rings. The minimum atomic E-state index is -0.484. The highest BCUT2D eigenvalue weighted by molar-refractivity contribution is 5.67. The van der Waals surface area contributed by atoms with Gasteiger partial charge in [-0.05, 0) is 56.8 Å². The van der Waals surface area contributed by atoms with Crippen LogP contribution in [0.25, 0.3) is 0 Å². The minimum absolute atomic E-state index is 0.00355. The lowest BCUT2D eigenvalue weighted by atomic mass is 9.82. The molecule has 0 aromatic heterocycles. The Balaban J connectivity index is 2.44. The predicted octanol–water partition coefficient (Wildman–Crippen LogP) is 4.42. The Kier molecular flexibility index (Phi) is 7.21. The van der Waals surface area contributed by atoms with Crippen molar-refractivity contribution in [2.45, 2.75) is 59.6 Å². The van der Waals surface area contributed by atoms with Crippen LogP contribution in [0.2, 0.25) is 0 Å². The van der Waals surface area contributed by atoms with E-state index in [0.29, 0.717) is 6.54 Å². The van der Waals surface area contributed by atoms with E-state index in [2.05, 4.69) is 31.4 Å². The highest BCUT2D eigenvalue weighted by Gasteiger charge is 2.25. The van der Waals surface area contributed by atoms with Crippen LogP contribution in [-0.2, 0) is 4.74 Å². The Morgan fingerprint density at radius 2 is 1.67 bits per heavy atom. The largest absolute Gasteiger partial charge is 0.444 e. The van der Waals surface area contributed by atoms with Gasteiger partial charge < -0.3 is 15.4 Å². The number of hydrogen-bond acceptors (Lipinski definition) is 3. The lowest BCUT2D eigenvalue weighted by molar-refractivity contribution is 0.0527. The average Bonchev–Trinajstić information content (AvgIpc) is 2.41. The molecule has 4 nitrogen and oxygen atoms in total. The summed E-state index contributed by atoms with van der Waals surface area (Å²) < 4.78 is 18.3. The lowest BCUT2D eigenvalue weighted by Crippen LogP contribution is -2.36. The summed E-state index contributed by atoms with van der Waals surface area (Å²) in [6.45, 7) is 13.2. The molecule has 24 heavy (non-hydrogen) atoms. The van der Waals surface area contributed by atoms with Gasteiger partial charge in [-0.25, -0.2) is 9.18 Å². The number of carbonyl (C=O) groups is 1. The van der Waals surface area contributed by atoms with E-state index in [-0.39, 0.29) is 17.3 Å². The third-order valence-electron chi connectivity index (χ3n) is 3.44. The van der Waals surface area contributed by atoms with E-state index < -0.39 is 11.7 Å². The quantitative estimate of drug-likeness (QED) is 0.755. The van der Waals surface area contributed by atoms with Crippen LogP contribution in [0.1, 0.15) is 59.6 Å². The van der Waals surface area contributed by atoms with Crippen molar-refractivity contribution in [3.8, 4) is 0 Å². The Morgan fingerprint density at radius 1 is 1.08 bits per heavy atom. The van der Waals surface area contributed by atoms with E-state index >= 15 is 0 Å². The van der Waals surface area contributed by atoms with E-state index in [4.69, 9.17) is 4.74 Å². The highest BCUT2D eigenvalue weighted by atomic mass is 19.1. The van der Waals surface area contributed by atoms with E-state index in [1.165, 1.54) is 12.1 Å². The third-order valence-corrected chi connectivity index (χ3v) is 3.44. The van der Waals surface area contributed by atoms with Crippen LogP contribution in [-0.4, -0.2) is 24.8 Å². The van der Waals surface area contributed by atoms with Crippen LogP contribution in [0, 0.1) is 11.2 Å². The molecule has 0 heterocycles. The van der Waals surface area contributed by atoms with Crippen molar-refractivity contribution in [3.05, 3.63) is 35.6 Å². The van der Waals surface area contributed by atoms with Crippen LogP contribution >= 0.6 is 0 Å². The number of alkyl carbamates (subject to hydrolysis) is 1. The second kappa shape index (κ2) is 8.47. The summed E-state index contributed by atoms with van der Waals surface area (Å²) in [6.07, 6.45) is 0.390. The van der Waals surface area contributed by atoms with Crippen molar-refractivity contribution in [1.29, 1.82) is 0 Å². The van der Waals surface area contributed by atoms with Crippen molar-refractivity contribution < 1.29 is 13.9 Å². The average molecular weight is 338 g/mol. The summed E-state index contributed by atoms with van der Waals surface area (Å²) >= 11 is 0. The SMILES string of the molecule is CC(C)(C)OC(=O)NCCCNC(c1ccc(F)cc1)C(C)(C)C. The predicted molar refractivity (Wildman–Crippen MR) is 95.5 cm³/mol. The fraction of sp³-hybridized carbons (Fsp3) is 0.632. The number of ether oxygens (including phenoxy) is 1. The van der Waals surface area contributed by atoms with Crippen LogP contribution in [0.3, 0.4) is 0 Å². The topological polar surface area (TPSA) is 50.4 Å². The number of amides is 1. The van der Waals surface area contributed by atoms with Crippen molar-refractivity contribution in [1.82, 2.24) is 10.6 Å². The summed E-state index contributed by atoms with van der Waals surface area (Å²) in [7, 11) is 0. The molecule has 136 valence electrons. The smallest absolute Gasteiger partial charge is 0.407 e. The summed E-state index contributed by atoms with van der Waals surface area (Å²) in [5, 5.41) is 6.25. The fourth-order valence-corrected chi connectivity index (χ4v) is 2.42. The zero-order valence-corrected chi connectivity index (χ0v) is 15.7. The van der Waals surface area contributed by atoms with Crippen molar-refractivity contribution in [3.63, 3.8) is 0 Å². The molecule has 0 saturated carbocycles. The number of nitrogens with one attached hydrogen (secondary N) is 2. The first-order valence-corrected chi connectivity index (χ1v) is 8.45. The van der Waals surface area contributed by atoms with Gasteiger partial charge in [-0.3, -0.25) is 0 Å². The molecule has 1 aromatic carbocycles. The van der Waals surface area contributed by atoms with Gasteiger partial charge in [0.1, 0.15) is 11.4 Å². The molecule has 1 amide bonds. The van der Waals surface area contributed by atoms with E-state index in [1.807, 2.05) is 32.9 Å². The van der Waals surface area contributed by atoms with Gasteiger partial charge in [-0.15, -0.1) is 0 Å². The second-order valence-electron chi connectivity index (χ2n) is 8.09. The molecule has 0 aliphatic carbocycles. The molecule has 0 fully saturated rings.